The van der Waals surface area contributed by atoms with Crippen LogP contribution < -0.4 is 5.32 Å². The highest BCUT2D eigenvalue weighted by atomic mass is 16.5. The zero-order chi connectivity index (χ0) is 14.7. The highest BCUT2D eigenvalue weighted by Crippen LogP contribution is 2.24. The molecule has 1 aromatic carbocycles. The van der Waals surface area contributed by atoms with E-state index in [9.17, 15) is 4.79 Å². The highest BCUT2D eigenvalue weighted by Gasteiger charge is 2.09. The van der Waals surface area contributed by atoms with Crippen LogP contribution in [0.5, 0.6) is 0 Å². The van der Waals surface area contributed by atoms with Gasteiger partial charge in [-0.15, -0.1) is 0 Å². The van der Waals surface area contributed by atoms with Crippen LogP contribution >= 0.6 is 0 Å². The maximum absolute atomic E-state index is 11.5. The molecule has 2 aromatic heterocycles. The van der Waals surface area contributed by atoms with Gasteiger partial charge in [0.25, 0.3) is 0 Å². The summed E-state index contributed by atoms with van der Waals surface area (Å²) in [6, 6.07) is 7.77. The summed E-state index contributed by atoms with van der Waals surface area (Å²) in [6.07, 6.45) is 6.42. The fraction of sp³-hybridized carbons (Fsp3) is 0.0667. The number of carbonyl (C=O) groups excluding carboxylic acids is 1. The summed E-state index contributed by atoms with van der Waals surface area (Å²) < 4.78 is 4.63. The molecule has 6 nitrogen and oxygen atoms in total. The second kappa shape index (κ2) is 5.54. The fourth-order valence-electron chi connectivity index (χ4n) is 1.99. The molecule has 0 radical (unpaired) electrons. The summed E-state index contributed by atoms with van der Waals surface area (Å²) in [6.45, 7) is 0. The van der Waals surface area contributed by atoms with Crippen LogP contribution in [-0.4, -0.2) is 28.0 Å². The van der Waals surface area contributed by atoms with Crippen LogP contribution in [0.4, 0.5) is 11.5 Å². The molecular formula is C15H12N4O2. The molecule has 2 heterocycles. The van der Waals surface area contributed by atoms with Crippen molar-refractivity contribution < 1.29 is 9.53 Å². The third kappa shape index (κ3) is 2.64. The first-order valence-electron chi connectivity index (χ1n) is 6.28. The summed E-state index contributed by atoms with van der Waals surface area (Å²) in [7, 11) is 1.31. The number of esters is 1. The van der Waals surface area contributed by atoms with Crippen LogP contribution in [-0.2, 0) is 4.74 Å². The first-order valence-corrected chi connectivity index (χ1v) is 6.28. The Bertz CT molecular complexity index is 799. The number of carbonyl (C=O) groups is 1. The Kier molecular flexibility index (Phi) is 3.42. The molecule has 6 heteroatoms. The Hall–Kier alpha value is -3.02. The SMILES string of the molecule is COC(=O)c1cncc(Nc2cccc3ccncc23)n1. The Morgan fingerprint density at radius 2 is 2.05 bits per heavy atom. The van der Waals surface area contributed by atoms with E-state index in [-0.39, 0.29) is 5.69 Å². The third-order valence-electron chi connectivity index (χ3n) is 2.98. The molecule has 0 atom stereocenters. The first kappa shape index (κ1) is 13.0. The molecule has 0 aliphatic carbocycles. The van der Waals surface area contributed by atoms with Crippen molar-refractivity contribution in [2.24, 2.45) is 0 Å². The number of aromatic nitrogens is 3. The zero-order valence-electron chi connectivity index (χ0n) is 11.3. The van der Waals surface area contributed by atoms with E-state index in [1.54, 1.807) is 18.6 Å². The smallest absolute Gasteiger partial charge is 0.358 e. The van der Waals surface area contributed by atoms with Crippen molar-refractivity contribution in [1.82, 2.24) is 15.0 Å². The van der Waals surface area contributed by atoms with Crippen LogP contribution in [0, 0.1) is 0 Å². The Balaban J connectivity index is 1.97. The van der Waals surface area contributed by atoms with Gasteiger partial charge in [-0.3, -0.25) is 9.97 Å². The largest absolute Gasteiger partial charge is 0.464 e. The maximum atomic E-state index is 11.5. The molecule has 0 saturated heterocycles. The molecule has 0 aliphatic rings. The van der Waals surface area contributed by atoms with E-state index >= 15 is 0 Å². The van der Waals surface area contributed by atoms with E-state index in [2.05, 4.69) is 25.0 Å². The number of methoxy groups -OCH3 is 1. The van der Waals surface area contributed by atoms with Crippen molar-refractivity contribution in [3.05, 3.63) is 54.7 Å². The van der Waals surface area contributed by atoms with Gasteiger partial charge in [-0.1, -0.05) is 12.1 Å². The second-order valence-corrected chi connectivity index (χ2v) is 4.31. The molecule has 3 aromatic rings. The van der Waals surface area contributed by atoms with Crippen molar-refractivity contribution in [1.29, 1.82) is 0 Å². The number of hydrogen-bond acceptors (Lipinski definition) is 6. The molecule has 0 amide bonds. The Labute approximate surface area is 120 Å². The summed E-state index contributed by atoms with van der Waals surface area (Å²) in [4.78, 5) is 23.8. The molecule has 0 fully saturated rings. The van der Waals surface area contributed by atoms with Crippen LogP contribution in [0.3, 0.4) is 0 Å². The van der Waals surface area contributed by atoms with Gasteiger partial charge in [-0.25, -0.2) is 9.78 Å². The van der Waals surface area contributed by atoms with Crippen LogP contribution in [0.15, 0.2) is 49.1 Å². The summed E-state index contributed by atoms with van der Waals surface area (Å²) in [5, 5.41) is 5.17. The van der Waals surface area contributed by atoms with Crippen molar-refractivity contribution >= 4 is 28.2 Å². The molecule has 0 unspecified atom stereocenters. The lowest BCUT2D eigenvalue weighted by molar-refractivity contribution is 0.0593. The fourth-order valence-corrected chi connectivity index (χ4v) is 1.99. The quantitative estimate of drug-likeness (QED) is 0.743. The van der Waals surface area contributed by atoms with E-state index in [0.717, 1.165) is 16.5 Å². The molecule has 0 spiro atoms. The summed E-state index contributed by atoms with van der Waals surface area (Å²) in [5.41, 5.74) is 0.998. The van der Waals surface area contributed by atoms with Gasteiger partial charge in [0.2, 0.25) is 0 Å². The number of pyridine rings is 1. The lowest BCUT2D eigenvalue weighted by Crippen LogP contribution is -2.06. The number of ether oxygens (including phenoxy) is 1. The lowest BCUT2D eigenvalue weighted by atomic mass is 10.1. The number of hydrogen-bond donors (Lipinski definition) is 1. The molecule has 104 valence electrons. The molecule has 21 heavy (non-hydrogen) atoms. The van der Waals surface area contributed by atoms with Crippen molar-refractivity contribution in [3.63, 3.8) is 0 Å². The summed E-state index contributed by atoms with van der Waals surface area (Å²) >= 11 is 0. The molecular weight excluding hydrogens is 268 g/mol. The molecule has 0 bridgehead atoms. The number of anilines is 2. The first-order chi connectivity index (χ1) is 10.3. The highest BCUT2D eigenvalue weighted by molar-refractivity contribution is 5.94. The number of benzene rings is 1. The number of nitrogens with zero attached hydrogens (tertiary/aromatic N) is 3. The van der Waals surface area contributed by atoms with Crippen LogP contribution in [0.1, 0.15) is 10.5 Å². The monoisotopic (exact) mass is 280 g/mol. The molecule has 0 aliphatic heterocycles. The van der Waals surface area contributed by atoms with Crippen molar-refractivity contribution in [2.75, 3.05) is 12.4 Å². The minimum Gasteiger partial charge on any atom is -0.464 e. The van der Waals surface area contributed by atoms with Gasteiger partial charge in [0.05, 0.1) is 19.5 Å². The minimum absolute atomic E-state index is 0.154. The third-order valence-corrected chi connectivity index (χ3v) is 2.98. The van der Waals surface area contributed by atoms with E-state index in [1.807, 2.05) is 24.3 Å². The Morgan fingerprint density at radius 3 is 2.90 bits per heavy atom. The number of nitrogens with one attached hydrogen (secondary N) is 1. The number of fused-ring (bicyclic) bond motifs is 1. The van der Waals surface area contributed by atoms with E-state index in [4.69, 9.17) is 0 Å². The minimum atomic E-state index is -0.522. The topological polar surface area (TPSA) is 77.0 Å². The average Bonchev–Trinajstić information content (AvgIpc) is 2.55. The molecule has 1 N–H and O–H groups in total. The normalized spacial score (nSPS) is 10.3. The van der Waals surface area contributed by atoms with E-state index in [0.29, 0.717) is 5.82 Å². The lowest BCUT2D eigenvalue weighted by Gasteiger charge is -2.09. The second-order valence-electron chi connectivity index (χ2n) is 4.31. The van der Waals surface area contributed by atoms with Gasteiger partial charge in [-0.05, 0) is 17.5 Å². The summed E-state index contributed by atoms with van der Waals surface area (Å²) in [5.74, 6) is -0.0556. The van der Waals surface area contributed by atoms with E-state index < -0.39 is 5.97 Å². The van der Waals surface area contributed by atoms with Gasteiger partial charge in [0.15, 0.2) is 5.69 Å². The predicted molar refractivity (Wildman–Crippen MR) is 78.4 cm³/mol. The maximum Gasteiger partial charge on any atom is 0.358 e. The zero-order valence-corrected chi connectivity index (χ0v) is 11.3. The van der Waals surface area contributed by atoms with Crippen LogP contribution in [0.2, 0.25) is 0 Å². The molecule has 0 saturated carbocycles. The van der Waals surface area contributed by atoms with Crippen molar-refractivity contribution in [3.8, 4) is 0 Å². The average molecular weight is 280 g/mol. The van der Waals surface area contributed by atoms with Crippen LogP contribution in [0.25, 0.3) is 10.8 Å². The molecule has 3 rings (SSSR count). The predicted octanol–water partition coefficient (Wildman–Crippen LogP) is 2.56. The Morgan fingerprint density at radius 1 is 1.14 bits per heavy atom. The standard InChI is InChI=1S/C15H12N4O2/c1-21-15(20)13-8-17-9-14(19-13)18-12-4-2-3-10-5-6-16-7-11(10)12/h2-9H,1H3,(H,18,19). The van der Waals surface area contributed by atoms with Gasteiger partial charge in [0.1, 0.15) is 5.82 Å². The van der Waals surface area contributed by atoms with Gasteiger partial charge in [0, 0.05) is 23.5 Å². The van der Waals surface area contributed by atoms with E-state index in [1.165, 1.54) is 13.3 Å². The van der Waals surface area contributed by atoms with Crippen molar-refractivity contribution in [2.45, 2.75) is 0 Å². The van der Waals surface area contributed by atoms with Gasteiger partial charge < -0.3 is 10.1 Å². The van der Waals surface area contributed by atoms with Gasteiger partial charge >= 0.3 is 5.97 Å². The number of rotatable bonds is 3. The van der Waals surface area contributed by atoms with Gasteiger partial charge in [-0.2, -0.15) is 0 Å².